The maximum absolute atomic E-state index is 13.0. The fourth-order valence-corrected chi connectivity index (χ4v) is 7.91. The van der Waals surface area contributed by atoms with E-state index < -0.39 is 49.5 Å². The molecule has 7 unspecified atom stereocenters. The molecule has 65 heavy (non-hydrogen) atoms. The molecule has 1 heterocycles. The number of carbonyl (C=O) groups is 2. The molecule has 0 aromatic carbocycles. The van der Waals surface area contributed by atoms with E-state index in [1.807, 2.05) is 6.08 Å². The Morgan fingerprint density at radius 1 is 0.569 bits per heavy atom. The van der Waals surface area contributed by atoms with Crippen LogP contribution in [0.2, 0.25) is 0 Å². The Morgan fingerprint density at radius 2 is 1.05 bits per heavy atom. The SMILES string of the molecule is CCCCCCC/C=C/CC/C=C/C(O)C(COC1OC(CO)C(O)C(O)C1O)NC(=O)CCCCCCCC/C=C\C=C/CCCCCOC(=O)CCCCCCCCCCCCC. The van der Waals surface area contributed by atoms with E-state index in [1.54, 1.807) is 6.08 Å². The van der Waals surface area contributed by atoms with E-state index in [4.69, 9.17) is 14.2 Å². The van der Waals surface area contributed by atoms with Crippen molar-refractivity contribution in [1.29, 1.82) is 0 Å². The summed E-state index contributed by atoms with van der Waals surface area (Å²) in [6.07, 6.45) is 43.4. The molecular weight excluding hydrogens is 823 g/mol. The van der Waals surface area contributed by atoms with Gasteiger partial charge in [0.1, 0.15) is 24.4 Å². The molecule has 1 rings (SSSR count). The number of ether oxygens (including phenoxy) is 3. The molecule has 0 radical (unpaired) electrons. The molecule has 378 valence electrons. The minimum atomic E-state index is -1.58. The fourth-order valence-electron chi connectivity index (χ4n) is 7.91. The number of allylic oxidation sites excluding steroid dienone is 7. The molecule has 0 aliphatic carbocycles. The van der Waals surface area contributed by atoms with Gasteiger partial charge < -0.3 is 45.1 Å². The minimum absolute atomic E-state index is 0.0431. The van der Waals surface area contributed by atoms with Gasteiger partial charge in [0.2, 0.25) is 5.91 Å². The topological polar surface area (TPSA) is 175 Å². The normalized spacial score (nSPS) is 20.1. The zero-order valence-corrected chi connectivity index (χ0v) is 41.2. The number of esters is 1. The van der Waals surface area contributed by atoms with Gasteiger partial charge in [0.25, 0.3) is 0 Å². The molecule has 6 N–H and O–H groups in total. The third-order valence-electron chi connectivity index (χ3n) is 12.2. The number of carbonyl (C=O) groups excluding carboxylic acids is 2. The molecule has 0 aromatic heterocycles. The summed E-state index contributed by atoms with van der Waals surface area (Å²) in [4.78, 5) is 25.0. The Morgan fingerprint density at radius 3 is 1.62 bits per heavy atom. The maximum Gasteiger partial charge on any atom is 0.305 e. The summed E-state index contributed by atoms with van der Waals surface area (Å²) in [6, 6.07) is -0.843. The van der Waals surface area contributed by atoms with Crippen LogP contribution in [0.4, 0.5) is 0 Å². The lowest BCUT2D eigenvalue weighted by molar-refractivity contribution is -0.302. The van der Waals surface area contributed by atoms with Crippen LogP contribution in [0.15, 0.2) is 48.6 Å². The lowest BCUT2D eigenvalue weighted by Crippen LogP contribution is -2.60. The second-order valence-corrected chi connectivity index (χ2v) is 18.2. The van der Waals surface area contributed by atoms with Crippen molar-refractivity contribution in [3.05, 3.63) is 48.6 Å². The summed E-state index contributed by atoms with van der Waals surface area (Å²) in [5.74, 6) is -0.260. The van der Waals surface area contributed by atoms with Crippen LogP contribution in [0.25, 0.3) is 0 Å². The number of hydrogen-bond acceptors (Lipinski definition) is 10. The van der Waals surface area contributed by atoms with E-state index in [9.17, 15) is 35.1 Å². The van der Waals surface area contributed by atoms with Gasteiger partial charge in [-0.2, -0.15) is 0 Å². The van der Waals surface area contributed by atoms with Crippen molar-refractivity contribution >= 4 is 11.9 Å². The van der Waals surface area contributed by atoms with Gasteiger partial charge in [-0.25, -0.2) is 0 Å². The van der Waals surface area contributed by atoms with Gasteiger partial charge >= 0.3 is 5.97 Å². The summed E-state index contributed by atoms with van der Waals surface area (Å²) in [5.41, 5.74) is 0. The van der Waals surface area contributed by atoms with E-state index in [-0.39, 0.29) is 18.5 Å². The number of aliphatic hydroxyl groups excluding tert-OH is 5. The summed E-state index contributed by atoms with van der Waals surface area (Å²) in [6.45, 7) is 4.21. The number of aliphatic hydroxyl groups is 5. The molecule has 7 atom stereocenters. The van der Waals surface area contributed by atoms with Crippen molar-refractivity contribution in [3.8, 4) is 0 Å². The molecule has 11 heteroatoms. The van der Waals surface area contributed by atoms with Gasteiger partial charge in [-0.05, 0) is 77.0 Å². The van der Waals surface area contributed by atoms with E-state index in [0.717, 1.165) is 103 Å². The highest BCUT2D eigenvalue weighted by atomic mass is 16.7. The first kappa shape index (κ1) is 60.6. The van der Waals surface area contributed by atoms with Crippen LogP contribution >= 0.6 is 0 Å². The van der Waals surface area contributed by atoms with Gasteiger partial charge in [-0.15, -0.1) is 0 Å². The Bertz CT molecular complexity index is 1220. The van der Waals surface area contributed by atoms with E-state index >= 15 is 0 Å². The number of nitrogens with one attached hydrogen (secondary N) is 1. The lowest BCUT2D eigenvalue weighted by atomic mass is 9.99. The molecule has 1 saturated heterocycles. The maximum atomic E-state index is 13.0. The first-order chi connectivity index (χ1) is 31.7. The number of hydrogen-bond donors (Lipinski definition) is 6. The van der Waals surface area contributed by atoms with Crippen molar-refractivity contribution in [1.82, 2.24) is 5.32 Å². The largest absolute Gasteiger partial charge is 0.466 e. The van der Waals surface area contributed by atoms with Gasteiger partial charge in [0.05, 0.1) is 32.0 Å². The van der Waals surface area contributed by atoms with Crippen molar-refractivity contribution in [2.45, 2.75) is 262 Å². The molecule has 0 saturated carbocycles. The number of rotatable bonds is 44. The van der Waals surface area contributed by atoms with Crippen LogP contribution in [0.5, 0.6) is 0 Å². The first-order valence-electron chi connectivity index (χ1n) is 26.4. The fraction of sp³-hybridized carbons (Fsp3) is 0.815. The van der Waals surface area contributed by atoms with E-state index in [2.05, 4.69) is 55.6 Å². The highest BCUT2D eigenvalue weighted by molar-refractivity contribution is 5.76. The predicted molar refractivity (Wildman–Crippen MR) is 264 cm³/mol. The number of unbranched alkanes of at least 4 members (excludes halogenated alkanes) is 25. The van der Waals surface area contributed by atoms with Crippen molar-refractivity contribution in [3.63, 3.8) is 0 Å². The third kappa shape index (κ3) is 34.6. The quantitative estimate of drug-likeness (QED) is 0.0149. The first-order valence-corrected chi connectivity index (χ1v) is 26.4. The van der Waals surface area contributed by atoms with Gasteiger partial charge in [0, 0.05) is 12.8 Å². The predicted octanol–water partition coefficient (Wildman–Crippen LogP) is 10.9. The van der Waals surface area contributed by atoms with E-state index in [1.165, 1.54) is 89.9 Å². The number of amides is 1. The van der Waals surface area contributed by atoms with Crippen LogP contribution < -0.4 is 5.32 Å². The summed E-state index contributed by atoms with van der Waals surface area (Å²) in [5, 5.41) is 54.1. The summed E-state index contributed by atoms with van der Waals surface area (Å²) < 4.78 is 16.6. The molecule has 11 nitrogen and oxygen atoms in total. The van der Waals surface area contributed by atoms with Crippen LogP contribution in [0.3, 0.4) is 0 Å². The van der Waals surface area contributed by atoms with Gasteiger partial charge in [-0.3, -0.25) is 9.59 Å². The molecule has 0 aromatic rings. The highest BCUT2D eigenvalue weighted by Crippen LogP contribution is 2.23. The smallest absolute Gasteiger partial charge is 0.305 e. The third-order valence-corrected chi connectivity index (χ3v) is 12.2. The molecule has 0 bridgehead atoms. The highest BCUT2D eigenvalue weighted by Gasteiger charge is 2.44. The minimum Gasteiger partial charge on any atom is -0.466 e. The van der Waals surface area contributed by atoms with Gasteiger partial charge in [0.15, 0.2) is 6.29 Å². The average Bonchev–Trinajstić information content (AvgIpc) is 3.30. The Labute approximate surface area is 396 Å². The molecule has 1 amide bonds. The van der Waals surface area contributed by atoms with Crippen LogP contribution in [-0.4, -0.2) is 100 Å². The lowest BCUT2D eigenvalue weighted by Gasteiger charge is -2.40. The Hall–Kier alpha value is -2.38. The van der Waals surface area contributed by atoms with Crippen LogP contribution in [0.1, 0.15) is 219 Å². The monoisotopic (exact) mass is 920 g/mol. The molecular formula is C54H97NO10. The van der Waals surface area contributed by atoms with E-state index in [0.29, 0.717) is 19.4 Å². The summed E-state index contributed by atoms with van der Waals surface area (Å²) in [7, 11) is 0. The second kappa shape index (κ2) is 44.1. The van der Waals surface area contributed by atoms with Gasteiger partial charge in [-0.1, -0.05) is 178 Å². The second-order valence-electron chi connectivity index (χ2n) is 18.2. The molecule has 1 aliphatic rings. The molecule has 0 spiro atoms. The average molecular weight is 920 g/mol. The zero-order chi connectivity index (χ0) is 47.4. The Kier molecular flexibility index (Phi) is 41.2. The van der Waals surface area contributed by atoms with Crippen molar-refractivity contribution in [2.24, 2.45) is 0 Å². The van der Waals surface area contributed by atoms with Crippen molar-refractivity contribution in [2.75, 3.05) is 19.8 Å². The van der Waals surface area contributed by atoms with Crippen LogP contribution in [0, 0.1) is 0 Å². The zero-order valence-electron chi connectivity index (χ0n) is 41.2. The van der Waals surface area contributed by atoms with Crippen LogP contribution in [-0.2, 0) is 23.8 Å². The standard InChI is InChI=1S/C54H97NO10/c1-3-5-7-9-11-13-20-24-28-32-36-40-47(57)46(45-64-54-53(62)52(61)51(60)48(44-56)65-54)55-49(58)41-37-33-29-25-22-18-16-15-17-19-23-27-31-35-39-43-63-50(59)42-38-34-30-26-21-14-12-10-8-6-4-2/h15,17,19-20,23-24,36,40,46-48,51-54,56-57,60-62H,3-14,16,18,21-22,25-35,37-39,41-45H2,1-2H3,(H,55,58)/b17-15-,23-19-,24-20+,40-36+. The molecule has 1 fully saturated rings. The Balaban J connectivity index is 2.20. The van der Waals surface area contributed by atoms with Crippen molar-refractivity contribution < 1.29 is 49.3 Å². The molecule has 1 aliphatic heterocycles. The summed E-state index contributed by atoms with van der Waals surface area (Å²) >= 11 is 0.